The van der Waals surface area contributed by atoms with Crippen molar-refractivity contribution in [2.75, 3.05) is 6.61 Å². The van der Waals surface area contributed by atoms with Crippen LogP contribution in [0.3, 0.4) is 0 Å². The molecule has 0 aromatic heterocycles. The zero-order valence-corrected chi connectivity index (χ0v) is 14.3. The van der Waals surface area contributed by atoms with Crippen LogP contribution in [-0.2, 0) is 15.1 Å². The van der Waals surface area contributed by atoms with Crippen LogP contribution in [-0.4, -0.2) is 28.8 Å². The Balaban J connectivity index is 2.12. The number of alkyl halides is 2. The van der Waals surface area contributed by atoms with Crippen LogP contribution >= 0.6 is 11.6 Å². The molecule has 3 atom stereocenters. The molecule has 3 rings (SSSR count). The first kappa shape index (κ1) is 16.9. The van der Waals surface area contributed by atoms with Crippen LogP contribution in [0.4, 0.5) is 4.39 Å². The molecule has 1 saturated heterocycles. The molecule has 1 fully saturated rings. The molecule has 0 amide bonds. The van der Waals surface area contributed by atoms with E-state index in [-0.39, 0.29) is 6.61 Å². The second-order valence-electron chi connectivity index (χ2n) is 5.78. The van der Waals surface area contributed by atoms with Gasteiger partial charge in [0.15, 0.2) is 0 Å². The summed E-state index contributed by atoms with van der Waals surface area (Å²) in [5.74, 6) is -0.492. The van der Waals surface area contributed by atoms with Crippen LogP contribution in [0.5, 0.6) is 0 Å². The highest BCUT2D eigenvalue weighted by atomic mass is 35.5. The standard InChI is InChI=1S/C19H19ClFNO2/c1-3-24-17(23)14(2)22-18(19(22,20)21,15-10-6-4-7-11-15)16-12-8-5-9-13-16/h4-14H,3H2,1-2H3. The third kappa shape index (κ3) is 2.33. The van der Waals surface area contributed by atoms with Gasteiger partial charge in [-0.05, 0) is 25.0 Å². The molecule has 0 bridgehead atoms. The van der Waals surface area contributed by atoms with E-state index >= 15 is 4.39 Å². The van der Waals surface area contributed by atoms with Gasteiger partial charge in [-0.1, -0.05) is 72.3 Å². The van der Waals surface area contributed by atoms with Gasteiger partial charge in [0, 0.05) is 0 Å². The van der Waals surface area contributed by atoms with Crippen molar-refractivity contribution in [3.05, 3.63) is 71.8 Å². The summed E-state index contributed by atoms with van der Waals surface area (Å²) in [5, 5.41) is -2.21. The van der Waals surface area contributed by atoms with Crippen LogP contribution in [0.1, 0.15) is 25.0 Å². The van der Waals surface area contributed by atoms with E-state index in [0.717, 1.165) is 0 Å². The molecule has 2 aromatic carbocycles. The average molecular weight is 348 g/mol. The van der Waals surface area contributed by atoms with E-state index in [1.54, 1.807) is 13.8 Å². The molecular formula is C19H19ClFNO2. The molecule has 1 heterocycles. The van der Waals surface area contributed by atoms with Gasteiger partial charge in [0.1, 0.15) is 11.6 Å². The van der Waals surface area contributed by atoms with Gasteiger partial charge < -0.3 is 4.74 Å². The first-order chi connectivity index (χ1) is 11.5. The number of esters is 1. The summed E-state index contributed by atoms with van der Waals surface area (Å²) in [4.78, 5) is 13.5. The highest BCUT2D eigenvalue weighted by Gasteiger charge is 2.80. The lowest BCUT2D eigenvalue weighted by atomic mass is 9.90. The second-order valence-corrected chi connectivity index (χ2v) is 6.28. The molecule has 0 radical (unpaired) electrons. The Bertz CT molecular complexity index is 681. The Kier molecular flexibility index (Phi) is 4.37. The molecule has 0 N–H and O–H groups in total. The van der Waals surface area contributed by atoms with Crippen molar-refractivity contribution in [3.63, 3.8) is 0 Å². The number of carbonyl (C=O) groups excluding carboxylic acids is 1. The minimum Gasteiger partial charge on any atom is -0.465 e. The van der Waals surface area contributed by atoms with E-state index < -0.39 is 22.8 Å². The van der Waals surface area contributed by atoms with E-state index in [9.17, 15) is 4.79 Å². The van der Waals surface area contributed by atoms with Crippen molar-refractivity contribution in [2.45, 2.75) is 30.7 Å². The van der Waals surface area contributed by atoms with Crippen molar-refractivity contribution in [2.24, 2.45) is 0 Å². The van der Waals surface area contributed by atoms with Gasteiger partial charge in [-0.3, -0.25) is 4.79 Å². The van der Waals surface area contributed by atoms with E-state index in [1.165, 1.54) is 4.90 Å². The average Bonchev–Trinajstić information content (AvgIpc) is 3.13. The lowest BCUT2D eigenvalue weighted by Crippen LogP contribution is -2.33. The minimum absolute atomic E-state index is 0.238. The maximum atomic E-state index is 15.5. The van der Waals surface area contributed by atoms with E-state index in [4.69, 9.17) is 16.3 Å². The van der Waals surface area contributed by atoms with Gasteiger partial charge in [0.25, 0.3) is 5.25 Å². The number of ether oxygens (including phenoxy) is 1. The number of benzene rings is 2. The molecule has 0 spiro atoms. The van der Waals surface area contributed by atoms with Gasteiger partial charge in [0.05, 0.1) is 6.61 Å². The smallest absolute Gasteiger partial charge is 0.323 e. The largest absolute Gasteiger partial charge is 0.465 e. The van der Waals surface area contributed by atoms with Crippen molar-refractivity contribution < 1.29 is 13.9 Å². The van der Waals surface area contributed by atoms with Gasteiger partial charge in [-0.25, -0.2) is 9.29 Å². The molecule has 0 aliphatic carbocycles. The molecule has 126 valence electrons. The first-order valence-corrected chi connectivity index (χ1v) is 8.30. The Hall–Kier alpha value is -1.91. The number of carbonyl (C=O) groups is 1. The summed E-state index contributed by atoms with van der Waals surface area (Å²) in [6, 6.07) is 17.5. The normalized spacial score (nSPS) is 25.8. The number of rotatable bonds is 5. The van der Waals surface area contributed by atoms with E-state index in [2.05, 4.69) is 0 Å². The van der Waals surface area contributed by atoms with Crippen molar-refractivity contribution in [1.82, 2.24) is 4.90 Å². The highest BCUT2D eigenvalue weighted by Crippen LogP contribution is 2.67. The maximum absolute atomic E-state index is 15.5. The molecule has 1 aliphatic heterocycles. The highest BCUT2D eigenvalue weighted by molar-refractivity contribution is 6.26. The summed E-state index contributed by atoms with van der Waals surface area (Å²) in [7, 11) is 0. The maximum Gasteiger partial charge on any atom is 0.323 e. The molecule has 24 heavy (non-hydrogen) atoms. The Morgan fingerprint density at radius 2 is 1.58 bits per heavy atom. The molecule has 3 nitrogen and oxygen atoms in total. The third-order valence-corrected chi connectivity index (χ3v) is 4.90. The van der Waals surface area contributed by atoms with Crippen LogP contribution in [0.2, 0.25) is 0 Å². The topological polar surface area (TPSA) is 29.3 Å². The van der Waals surface area contributed by atoms with E-state index in [1.807, 2.05) is 60.7 Å². The van der Waals surface area contributed by atoms with Crippen LogP contribution in [0, 0.1) is 0 Å². The van der Waals surface area contributed by atoms with Gasteiger partial charge in [-0.15, -0.1) is 0 Å². The van der Waals surface area contributed by atoms with Gasteiger partial charge >= 0.3 is 5.97 Å². The summed E-state index contributed by atoms with van der Waals surface area (Å²) in [6.45, 7) is 3.57. The third-order valence-electron chi connectivity index (χ3n) is 4.45. The van der Waals surface area contributed by atoms with Gasteiger partial charge in [0.2, 0.25) is 0 Å². The molecule has 5 heteroatoms. The first-order valence-electron chi connectivity index (χ1n) is 7.92. The van der Waals surface area contributed by atoms with Crippen LogP contribution in [0.15, 0.2) is 60.7 Å². The Morgan fingerprint density at radius 3 is 2.00 bits per heavy atom. The van der Waals surface area contributed by atoms with Gasteiger partial charge in [-0.2, -0.15) is 0 Å². The fraction of sp³-hybridized carbons (Fsp3) is 0.316. The Morgan fingerprint density at radius 1 is 1.12 bits per heavy atom. The Labute approximate surface area is 146 Å². The summed E-state index contributed by atoms with van der Waals surface area (Å²) >= 11 is 6.29. The molecule has 1 aliphatic rings. The van der Waals surface area contributed by atoms with Crippen molar-refractivity contribution in [3.8, 4) is 0 Å². The summed E-state index contributed by atoms with van der Waals surface area (Å²) < 4.78 is 20.5. The van der Waals surface area contributed by atoms with E-state index in [0.29, 0.717) is 11.1 Å². The van der Waals surface area contributed by atoms with Crippen molar-refractivity contribution >= 4 is 17.6 Å². The monoisotopic (exact) mass is 347 g/mol. The predicted molar refractivity (Wildman–Crippen MR) is 91.3 cm³/mol. The second kappa shape index (κ2) is 6.19. The minimum atomic E-state index is -2.21. The number of hydrogen-bond acceptors (Lipinski definition) is 3. The SMILES string of the molecule is CCOC(=O)C(C)N1C(F)(Cl)C1(c1ccccc1)c1ccccc1. The fourth-order valence-corrected chi connectivity index (χ4v) is 3.92. The molecule has 3 unspecified atom stereocenters. The lowest BCUT2D eigenvalue weighted by molar-refractivity contribution is -0.147. The fourth-order valence-electron chi connectivity index (χ4n) is 3.38. The number of hydrogen-bond donors (Lipinski definition) is 0. The zero-order valence-electron chi connectivity index (χ0n) is 13.6. The lowest BCUT2D eigenvalue weighted by Gasteiger charge is -2.20. The summed E-state index contributed by atoms with van der Waals surface area (Å²) in [5.41, 5.74) is 0.179. The van der Waals surface area contributed by atoms with Crippen molar-refractivity contribution in [1.29, 1.82) is 0 Å². The van der Waals surface area contributed by atoms with Crippen LogP contribution in [0.25, 0.3) is 0 Å². The molecule has 2 aromatic rings. The quantitative estimate of drug-likeness (QED) is 0.353. The zero-order chi connectivity index (χ0) is 17.4. The summed E-state index contributed by atoms with van der Waals surface area (Å²) in [6.07, 6.45) is 0. The number of halogens is 2. The number of nitrogens with zero attached hydrogens (tertiary/aromatic N) is 1. The molecular weight excluding hydrogens is 329 g/mol. The molecule has 0 saturated carbocycles. The predicted octanol–water partition coefficient (Wildman–Crippen LogP) is 4.06. The van der Waals surface area contributed by atoms with Crippen LogP contribution < -0.4 is 0 Å².